The molecule has 3 N–H and O–H groups in total. The van der Waals surface area contributed by atoms with Crippen LogP contribution in [-0.2, 0) is 0 Å². The van der Waals surface area contributed by atoms with Gasteiger partial charge in [0.2, 0.25) is 0 Å². The molecule has 1 aliphatic rings. The van der Waals surface area contributed by atoms with Crippen molar-refractivity contribution in [1.82, 2.24) is 0 Å². The zero-order valence-electron chi connectivity index (χ0n) is 11.2. The summed E-state index contributed by atoms with van der Waals surface area (Å²) in [6.45, 7) is 6.59. The third-order valence-electron chi connectivity index (χ3n) is 4.12. The van der Waals surface area contributed by atoms with Gasteiger partial charge in [-0.05, 0) is 55.9 Å². The van der Waals surface area contributed by atoms with Gasteiger partial charge < -0.3 is 11.1 Å². The van der Waals surface area contributed by atoms with Gasteiger partial charge in [0.15, 0.2) is 0 Å². The van der Waals surface area contributed by atoms with E-state index in [4.69, 9.17) is 5.73 Å². The summed E-state index contributed by atoms with van der Waals surface area (Å²) in [6, 6.07) is 4.85. The number of hydrogen-bond acceptors (Lipinski definition) is 2. The summed E-state index contributed by atoms with van der Waals surface area (Å²) in [7, 11) is 0. The van der Waals surface area contributed by atoms with Gasteiger partial charge in [-0.2, -0.15) is 0 Å². The maximum absolute atomic E-state index is 6.09. The predicted molar refractivity (Wildman–Crippen MR) is 75.4 cm³/mol. The fraction of sp³-hybridized carbons (Fsp3) is 0.600. The number of hydrogen-bond donors (Lipinski definition) is 2. The van der Waals surface area contributed by atoms with Crippen molar-refractivity contribution in [3.8, 4) is 0 Å². The molecule has 0 saturated heterocycles. The molecule has 0 aliphatic heterocycles. The van der Waals surface area contributed by atoms with Crippen molar-refractivity contribution < 1.29 is 0 Å². The van der Waals surface area contributed by atoms with Crippen molar-refractivity contribution in [1.29, 1.82) is 0 Å². The Kier molecular flexibility index (Phi) is 3.60. The van der Waals surface area contributed by atoms with E-state index in [9.17, 15) is 0 Å². The van der Waals surface area contributed by atoms with E-state index in [2.05, 4.69) is 38.2 Å². The Balaban J connectivity index is 2.15. The van der Waals surface area contributed by atoms with Crippen LogP contribution in [0.5, 0.6) is 0 Å². The Morgan fingerprint density at radius 1 is 1.12 bits per heavy atom. The molecule has 0 aromatic heterocycles. The molecule has 94 valence electrons. The maximum Gasteiger partial charge on any atom is 0.0579 e. The molecule has 0 bridgehead atoms. The summed E-state index contributed by atoms with van der Waals surface area (Å²) in [4.78, 5) is 0. The zero-order valence-corrected chi connectivity index (χ0v) is 11.2. The van der Waals surface area contributed by atoms with Crippen molar-refractivity contribution in [3.63, 3.8) is 0 Å². The first-order valence-electron chi connectivity index (χ1n) is 6.71. The second-order valence-corrected chi connectivity index (χ2v) is 5.54. The average molecular weight is 232 g/mol. The van der Waals surface area contributed by atoms with Crippen LogP contribution < -0.4 is 11.1 Å². The van der Waals surface area contributed by atoms with Crippen LogP contribution in [0.15, 0.2) is 12.1 Å². The van der Waals surface area contributed by atoms with Crippen molar-refractivity contribution in [2.45, 2.75) is 52.5 Å². The highest BCUT2D eigenvalue weighted by Gasteiger charge is 2.21. The minimum atomic E-state index is 0.591. The standard InChI is InChI=1S/C15H24N2/c1-10-6-4-5-7-14(10)17-15-9-12(3)11(2)8-13(15)16/h8-10,14,17H,4-7,16H2,1-3H3/t10-,14+/m0/s1. The van der Waals surface area contributed by atoms with Gasteiger partial charge in [0.05, 0.1) is 11.4 Å². The van der Waals surface area contributed by atoms with E-state index in [1.165, 1.54) is 36.8 Å². The molecule has 2 nitrogen and oxygen atoms in total. The maximum atomic E-state index is 6.09. The Hall–Kier alpha value is -1.18. The van der Waals surface area contributed by atoms with Crippen LogP contribution in [0.3, 0.4) is 0 Å². The van der Waals surface area contributed by atoms with E-state index >= 15 is 0 Å². The molecule has 2 rings (SSSR count). The second-order valence-electron chi connectivity index (χ2n) is 5.54. The average Bonchev–Trinajstić information content (AvgIpc) is 2.29. The summed E-state index contributed by atoms with van der Waals surface area (Å²) in [5, 5.41) is 3.64. The lowest BCUT2D eigenvalue weighted by molar-refractivity contribution is 0.349. The van der Waals surface area contributed by atoms with Gasteiger partial charge in [0, 0.05) is 6.04 Å². The summed E-state index contributed by atoms with van der Waals surface area (Å²) in [6.07, 6.45) is 5.32. The van der Waals surface area contributed by atoms with Crippen molar-refractivity contribution in [2.75, 3.05) is 11.1 Å². The minimum absolute atomic E-state index is 0.591. The number of nitrogens with one attached hydrogen (secondary N) is 1. The number of aryl methyl sites for hydroxylation is 2. The molecule has 1 aromatic rings. The number of nitrogens with two attached hydrogens (primary N) is 1. The Labute approximate surface area is 105 Å². The largest absolute Gasteiger partial charge is 0.397 e. The lowest BCUT2D eigenvalue weighted by Gasteiger charge is -2.31. The van der Waals surface area contributed by atoms with Gasteiger partial charge in [0.25, 0.3) is 0 Å². The lowest BCUT2D eigenvalue weighted by atomic mass is 9.85. The third kappa shape index (κ3) is 2.74. The Morgan fingerprint density at radius 2 is 1.76 bits per heavy atom. The van der Waals surface area contributed by atoms with Crippen LogP contribution in [0.2, 0.25) is 0 Å². The van der Waals surface area contributed by atoms with Crippen molar-refractivity contribution in [2.24, 2.45) is 5.92 Å². The molecule has 1 fully saturated rings. The molecular formula is C15H24N2. The summed E-state index contributed by atoms with van der Waals surface area (Å²) < 4.78 is 0. The van der Waals surface area contributed by atoms with Crippen LogP contribution >= 0.6 is 0 Å². The molecule has 17 heavy (non-hydrogen) atoms. The van der Waals surface area contributed by atoms with Crippen LogP contribution in [0, 0.1) is 19.8 Å². The molecule has 0 radical (unpaired) electrons. The molecular weight excluding hydrogens is 208 g/mol. The lowest BCUT2D eigenvalue weighted by Crippen LogP contribution is -2.30. The van der Waals surface area contributed by atoms with Gasteiger partial charge in [-0.3, -0.25) is 0 Å². The number of rotatable bonds is 2. The first-order valence-corrected chi connectivity index (χ1v) is 6.71. The van der Waals surface area contributed by atoms with Gasteiger partial charge in [-0.15, -0.1) is 0 Å². The third-order valence-corrected chi connectivity index (χ3v) is 4.12. The molecule has 1 aromatic carbocycles. The normalized spacial score (nSPS) is 24.6. The van der Waals surface area contributed by atoms with E-state index < -0.39 is 0 Å². The molecule has 0 heterocycles. The van der Waals surface area contributed by atoms with E-state index in [0.29, 0.717) is 6.04 Å². The fourth-order valence-electron chi connectivity index (χ4n) is 2.69. The minimum Gasteiger partial charge on any atom is -0.397 e. The first-order chi connectivity index (χ1) is 8.08. The molecule has 2 heteroatoms. The Morgan fingerprint density at radius 3 is 2.47 bits per heavy atom. The number of nitrogen functional groups attached to an aromatic ring is 1. The van der Waals surface area contributed by atoms with Crippen LogP contribution in [0.25, 0.3) is 0 Å². The molecule has 0 spiro atoms. The Bertz CT molecular complexity index is 398. The van der Waals surface area contributed by atoms with Crippen LogP contribution in [0.1, 0.15) is 43.7 Å². The van der Waals surface area contributed by atoms with Crippen LogP contribution in [-0.4, -0.2) is 6.04 Å². The number of anilines is 2. The van der Waals surface area contributed by atoms with Crippen LogP contribution in [0.4, 0.5) is 11.4 Å². The van der Waals surface area contributed by atoms with E-state index in [1.54, 1.807) is 0 Å². The van der Waals surface area contributed by atoms with E-state index in [1.807, 2.05) is 0 Å². The van der Waals surface area contributed by atoms with Gasteiger partial charge in [0.1, 0.15) is 0 Å². The predicted octanol–water partition coefficient (Wildman–Crippen LogP) is 3.88. The fourth-order valence-corrected chi connectivity index (χ4v) is 2.69. The first kappa shape index (κ1) is 12.3. The molecule has 0 amide bonds. The monoisotopic (exact) mass is 232 g/mol. The molecule has 1 saturated carbocycles. The molecule has 0 unspecified atom stereocenters. The quantitative estimate of drug-likeness (QED) is 0.759. The summed E-state index contributed by atoms with van der Waals surface area (Å²) in [5.74, 6) is 0.754. The highest BCUT2D eigenvalue weighted by molar-refractivity contribution is 5.68. The van der Waals surface area contributed by atoms with Gasteiger partial charge in [-0.25, -0.2) is 0 Å². The highest BCUT2D eigenvalue weighted by atomic mass is 14.9. The molecule has 2 atom stereocenters. The van der Waals surface area contributed by atoms with Crippen molar-refractivity contribution in [3.05, 3.63) is 23.3 Å². The van der Waals surface area contributed by atoms with Gasteiger partial charge >= 0.3 is 0 Å². The summed E-state index contributed by atoms with van der Waals surface area (Å²) in [5.41, 5.74) is 10.7. The van der Waals surface area contributed by atoms with Crippen molar-refractivity contribution >= 4 is 11.4 Å². The highest BCUT2D eigenvalue weighted by Crippen LogP contribution is 2.30. The zero-order chi connectivity index (χ0) is 12.4. The SMILES string of the molecule is Cc1cc(N)c(N[C@@H]2CCCC[C@@H]2C)cc1C. The smallest absolute Gasteiger partial charge is 0.0579 e. The number of benzene rings is 1. The van der Waals surface area contributed by atoms with E-state index in [0.717, 1.165) is 17.3 Å². The van der Waals surface area contributed by atoms with E-state index in [-0.39, 0.29) is 0 Å². The van der Waals surface area contributed by atoms with Gasteiger partial charge in [-0.1, -0.05) is 19.8 Å². The second kappa shape index (κ2) is 4.99. The topological polar surface area (TPSA) is 38.0 Å². The summed E-state index contributed by atoms with van der Waals surface area (Å²) >= 11 is 0. The molecule has 1 aliphatic carbocycles.